The molecule has 3 heterocycles. The van der Waals surface area contributed by atoms with E-state index in [1.807, 2.05) is 28.8 Å². The van der Waals surface area contributed by atoms with Gasteiger partial charge in [-0.1, -0.05) is 6.07 Å². The molecule has 2 aromatic carbocycles. The summed E-state index contributed by atoms with van der Waals surface area (Å²) >= 11 is 0. The van der Waals surface area contributed by atoms with Gasteiger partial charge in [0.2, 0.25) is 5.78 Å². The zero-order valence-corrected chi connectivity index (χ0v) is 16.1. The lowest BCUT2D eigenvalue weighted by Crippen LogP contribution is -2.28. The summed E-state index contributed by atoms with van der Waals surface area (Å²) < 4.78 is 23.6. The Morgan fingerprint density at radius 1 is 1.10 bits per heavy atom. The third kappa shape index (κ3) is 2.55. The third-order valence-electron chi connectivity index (χ3n) is 5.08. The summed E-state index contributed by atoms with van der Waals surface area (Å²) in [6.07, 6.45) is 1.75. The molecular formula is C21H16FN5O3. The van der Waals surface area contributed by atoms with E-state index in [1.165, 1.54) is 16.7 Å². The van der Waals surface area contributed by atoms with Gasteiger partial charge in [0.1, 0.15) is 11.6 Å². The Morgan fingerprint density at radius 2 is 1.87 bits per heavy atom. The first-order valence-corrected chi connectivity index (χ1v) is 9.11. The highest BCUT2D eigenvalue weighted by Crippen LogP contribution is 2.30. The zero-order chi connectivity index (χ0) is 21.0. The topological polar surface area (TPSA) is 86.3 Å². The Labute approximate surface area is 168 Å². The van der Waals surface area contributed by atoms with Gasteiger partial charge in [-0.2, -0.15) is 4.98 Å². The van der Waals surface area contributed by atoms with Gasteiger partial charge in [-0.3, -0.25) is 23.3 Å². The molecule has 8 nitrogen and oxygen atoms in total. The van der Waals surface area contributed by atoms with Gasteiger partial charge < -0.3 is 4.74 Å². The minimum absolute atomic E-state index is 0.247. The van der Waals surface area contributed by atoms with Gasteiger partial charge in [0.25, 0.3) is 5.56 Å². The number of imidazole rings is 2. The standard InChI is InChI=1S/C21H16FN5O3/c1-25-18-17(19(28)24-21(25)29)26-11-16(12-6-8-13(22)9-7-12)27(20(26)23-18)14-4-3-5-15(10-14)30-2/h3-11H,1-2H3,(H,24,28,29). The van der Waals surface area contributed by atoms with Crippen LogP contribution in [-0.2, 0) is 7.05 Å². The number of rotatable bonds is 3. The number of aryl methyl sites for hydroxylation is 1. The Balaban J connectivity index is 1.93. The van der Waals surface area contributed by atoms with Crippen LogP contribution >= 0.6 is 0 Å². The minimum atomic E-state index is -0.542. The van der Waals surface area contributed by atoms with Crippen molar-refractivity contribution in [1.29, 1.82) is 0 Å². The zero-order valence-electron chi connectivity index (χ0n) is 16.1. The van der Waals surface area contributed by atoms with E-state index >= 15 is 0 Å². The summed E-state index contributed by atoms with van der Waals surface area (Å²) in [7, 11) is 3.12. The molecule has 0 aliphatic carbocycles. The average molecular weight is 405 g/mol. The summed E-state index contributed by atoms with van der Waals surface area (Å²) in [4.78, 5) is 31.5. The van der Waals surface area contributed by atoms with Crippen LogP contribution in [0, 0.1) is 5.82 Å². The van der Waals surface area contributed by atoms with E-state index < -0.39 is 11.2 Å². The lowest BCUT2D eigenvalue weighted by Gasteiger charge is -2.10. The molecule has 0 unspecified atom stereocenters. The van der Waals surface area contributed by atoms with Crippen LogP contribution < -0.4 is 16.0 Å². The van der Waals surface area contributed by atoms with E-state index in [1.54, 1.807) is 36.9 Å². The molecule has 30 heavy (non-hydrogen) atoms. The number of hydrogen-bond acceptors (Lipinski definition) is 4. The van der Waals surface area contributed by atoms with Crippen LogP contribution in [0.3, 0.4) is 0 Å². The van der Waals surface area contributed by atoms with Crippen molar-refractivity contribution >= 4 is 16.9 Å². The molecule has 0 fully saturated rings. The van der Waals surface area contributed by atoms with E-state index in [-0.39, 0.29) is 17.0 Å². The van der Waals surface area contributed by atoms with Gasteiger partial charge in [-0.05, 0) is 36.4 Å². The fourth-order valence-corrected chi connectivity index (χ4v) is 3.59. The molecule has 150 valence electrons. The first-order valence-electron chi connectivity index (χ1n) is 9.11. The number of nitrogens with one attached hydrogen (secondary N) is 1. The molecular weight excluding hydrogens is 389 g/mol. The van der Waals surface area contributed by atoms with Crippen LogP contribution in [0.4, 0.5) is 4.39 Å². The quantitative estimate of drug-likeness (QED) is 0.500. The lowest BCUT2D eigenvalue weighted by molar-refractivity contribution is 0.414. The van der Waals surface area contributed by atoms with Gasteiger partial charge in [-0.25, -0.2) is 9.18 Å². The first-order chi connectivity index (χ1) is 14.5. The normalized spacial score (nSPS) is 11.4. The number of benzene rings is 2. The SMILES string of the molecule is COc1cccc(-n2c(-c3ccc(F)cc3)cn3c4c(=O)[nH]c(=O)n(C)c4nc23)c1. The fourth-order valence-electron chi connectivity index (χ4n) is 3.59. The number of H-pyrrole nitrogens is 1. The molecule has 5 aromatic rings. The van der Waals surface area contributed by atoms with Gasteiger partial charge in [-0.15, -0.1) is 0 Å². The van der Waals surface area contributed by atoms with Crippen LogP contribution in [0.25, 0.3) is 33.9 Å². The highest BCUT2D eigenvalue weighted by molar-refractivity contribution is 5.79. The first kappa shape index (κ1) is 17.9. The lowest BCUT2D eigenvalue weighted by atomic mass is 10.1. The summed E-state index contributed by atoms with van der Waals surface area (Å²) in [6, 6.07) is 13.4. The van der Waals surface area contributed by atoms with Gasteiger partial charge in [0, 0.05) is 24.9 Å². The second-order valence-electron chi connectivity index (χ2n) is 6.83. The average Bonchev–Trinajstić information content (AvgIpc) is 3.29. The molecule has 0 radical (unpaired) electrons. The molecule has 0 saturated carbocycles. The van der Waals surface area contributed by atoms with Crippen LogP contribution in [0.2, 0.25) is 0 Å². The molecule has 1 N–H and O–H groups in total. The number of halogens is 1. The number of hydrogen-bond donors (Lipinski definition) is 1. The van der Waals surface area contributed by atoms with Gasteiger partial charge in [0.05, 0.1) is 18.5 Å². The molecule has 5 rings (SSSR count). The Morgan fingerprint density at radius 3 is 2.60 bits per heavy atom. The van der Waals surface area contributed by atoms with Gasteiger partial charge >= 0.3 is 5.69 Å². The Hall–Kier alpha value is -4.14. The molecule has 0 amide bonds. The minimum Gasteiger partial charge on any atom is -0.497 e. The molecule has 0 spiro atoms. The molecule has 0 bridgehead atoms. The number of methoxy groups -OCH3 is 1. The van der Waals surface area contributed by atoms with E-state index in [4.69, 9.17) is 4.74 Å². The fraction of sp³-hybridized carbons (Fsp3) is 0.0952. The van der Waals surface area contributed by atoms with Crippen molar-refractivity contribution in [3.8, 4) is 22.7 Å². The van der Waals surface area contributed by atoms with Crippen molar-refractivity contribution in [2.45, 2.75) is 0 Å². The highest BCUT2D eigenvalue weighted by atomic mass is 19.1. The predicted molar refractivity (Wildman–Crippen MR) is 110 cm³/mol. The largest absolute Gasteiger partial charge is 0.497 e. The molecule has 0 atom stereocenters. The van der Waals surface area contributed by atoms with Crippen LogP contribution in [0.15, 0.2) is 64.3 Å². The Bertz CT molecular complexity index is 1540. The number of fused-ring (bicyclic) bond motifs is 3. The predicted octanol–water partition coefficient (Wildman–Crippen LogP) is 2.48. The number of aromatic amines is 1. The number of nitrogens with zero attached hydrogens (tertiary/aromatic N) is 4. The second kappa shape index (κ2) is 6.45. The van der Waals surface area contributed by atoms with E-state index in [2.05, 4.69) is 9.97 Å². The Kier molecular flexibility index (Phi) is 3.85. The molecule has 9 heteroatoms. The van der Waals surface area contributed by atoms with Gasteiger partial charge in [0.15, 0.2) is 11.2 Å². The van der Waals surface area contributed by atoms with E-state index in [0.29, 0.717) is 17.2 Å². The maximum Gasteiger partial charge on any atom is 0.329 e. The maximum absolute atomic E-state index is 13.5. The maximum atomic E-state index is 13.5. The summed E-state index contributed by atoms with van der Waals surface area (Å²) in [5.41, 5.74) is 1.60. The summed E-state index contributed by atoms with van der Waals surface area (Å²) in [6.45, 7) is 0. The number of aromatic nitrogens is 5. The number of ether oxygens (including phenoxy) is 1. The molecule has 0 aliphatic rings. The van der Waals surface area contributed by atoms with Crippen molar-refractivity contribution in [3.63, 3.8) is 0 Å². The summed E-state index contributed by atoms with van der Waals surface area (Å²) in [5, 5.41) is 0. The van der Waals surface area contributed by atoms with E-state index in [9.17, 15) is 14.0 Å². The van der Waals surface area contributed by atoms with Crippen molar-refractivity contribution in [1.82, 2.24) is 23.5 Å². The third-order valence-corrected chi connectivity index (χ3v) is 5.08. The highest BCUT2D eigenvalue weighted by Gasteiger charge is 2.20. The summed E-state index contributed by atoms with van der Waals surface area (Å²) in [5.74, 6) is 0.731. The second-order valence-corrected chi connectivity index (χ2v) is 6.83. The smallest absolute Gasteiger partial charge is 0.329 e. The van der Waals surface area contributed by atoms with Crippen molar-refractivity contribution in [2.24, 2.45) is 7.05 Å². The van der Waals surface area contributed by atoms with Crippen molar-refractivity contribution in [3.05, 3.63) is 81.4 Å². The van der Waals surface area contributed by atoms with Crippen LogP contribution in [-0.4, -0.2) is 30.6 Å². The van der Waals surface area contributed by atoms with Crippen molar-refractivity contribution < 1.29 is 9.13 Å². The van der Waals surface area contributed by atoms with Crippen LogP contribution in [0.5, 0.6) is 5.75 Å². The van der Waals surface area contributed by atoms with E-state index in [0.717, 1.165) is 11.3 Å². The van der Waals surface area contributed by atoms with Crippen molar-refractivity contribution in [2.75, 3.05) is 7.11 Å². The molecule has 0 aliphatic heterocycles. The van der Waals surface area contributed by atoms with Crippen LogP contribution in [0.1, 0.15) is 0 Å². The molecule has 3 aromatic heterocycles. The monoisotopic (exact) mass is 405 g/mol. The molecule has 0 saturated heterocycles.